The molecule has 0 spiro atoms. The van der Waals surface area contributed by atoms with Crippen LogP contribution in [-0.2, 0) is 6.54 Å². The molecule has 0 aliphatic carbocycles. The molecule has 0 aromatic carbocycles. The summed E-state index contributed by atoms with van der Waals surface area (Å²) in [6.07, 6.45) is 5.12. The molecule has 1 saturated heterocycles. The smallest absolute Gasteiger partial charge is 0.0348 e. The molecule has 1 fully saturated rings. The van der Waals surface area contributed by atoms with E-state index in [0.29, 0.717) is 0 Å². The van der Waals surface area contributed by atoms with Crippen LogP contribution in [0.25, 0.3) is 0 Å². The fourth-order valence-electron chi connectivity index (χ4n) is 2.15. The third-order valence-corrected chi connectivity index (χ3v) is 3.10. The number of rotatable bonds is 5. The third kappa shape index (κ3) is 2.80. The molecule has 16 heavy (non-hydrogen) atoms. The van der Waals surface area contributed by atoms with Gasteiger partial charge in [0.15, 0.2) is 0 Å². The molecule has 0 atom stereocenters. The van der Waals surface area contributed by atoms with Crippen molar-refractivity contribution in [3.05, 3.63) is 29.6 Å². The SMILES string of the molecule is CCCN(Cc1cncc(C)c1)C1CNC1. The molecule has 88 valence electrons. The summed E-state index contributed by atoms with van der Waals surface area (Å²) in [6.45, 7) is 8.84. The Morgan fingerprint density at radius 1 is 1.44 bits per heavy atom. The van der Waals surface area contributed by atoms with E-state index in [9.17, 15) is 0 Å². The summed E-state index contributed by atoms with van der Waals surface area (Å²) in [5.74, 6) is 0. The topological polar surface area (TPSA) is 28.2 Å². The second-order valence-electron chi connectivity index (χ2n) is 4.65. The standard InChI is InChI=1S/C13H21N3/c1-3-4-16(13-8-15-9-13)10-12-5-11(2)6-14-7-12/h5-7,13,15H,3-4,8-10H2,1-2H3. The van der Waals surface area contributed by atoms with E-state index in [0.717, 1.165) is 25.7 Å². The summed E-state index contributed by atoms with van der Waals surface area (Å²) in [7, 11) is 0. The highest BCUT2D eigenvalue weighted by molar-refractivity contribution is 5.16. The lowest BCUT2D eigenvalue weighted by molar-refractivity contribution is 0.137. The normalized spacial score (nSPS) is 16.4. The van der Waals surface area contributed by atoms with Crippen molar-refractivity contribution in [1.29, 1.82) is 0 Å². The van der Waals surface area contributed by atoms with Gasteiger partial charge in [0.05, 0.1) is 0 Å². The first kappa shape index (κ1) is 11.6. The predicted molar refractivity (Wildman–Crippen MR) is 66.3 cm³/mol. The first-order valence-corrected chi connectivity index (χ1v) is 6.15. The van der Waals surface area contributed by atoms with Crippen molar-refractivity contribution in [2.24, 2.45) is 0 Å². The van der Waals surface area contributed by atoms with Gasteiger partial charge < -0.3 is 5.32 Å². The van der Waals surface area contributed by atoms with E-state index in [1.807, 2.05) is 12.4 Å². The zero-order chi connectivity index (χ0) is 11.4. The van der Waals surface area contributed by atoms with Gasteiger partial charge in [-0.15, -0.1) is 0 Å². The zero-order valence-electron chi connectivity index (χ0n) is 10.2. The van der Waals surface area contributed by atoms with Crippen molar-refractivity contribution in [3.63, 3.8) is 0 Å². The number of pyridine rings is 1. The summed E-state index contributed by atoms with van der Waals surface area (Å²) in [6, 6.07) is 2.96. The van der Waals surface area contributed by atoms with Crippen LogP contribution in [0.4, 0.5) is 0 Å². The van der Waals surface area contributed by atoms with Gasteiger partial charge in [0.25, 0.3) is 0 Å². The number of aromatic nitrogens is 1. The largest absolute Gasteiger partial charge is 0.314 e. The summed E-state index contributed by atoms with van der Waals surface area (Å²) in [5.41, 5.74) is 2.58. The molecule has 0 unspecified atom stereocenters. The Hall–Kier alpha value is -0.930. The minimum absolute atomic E-state index is 0.723. The molecule has 0 radical (unpaired) electrons. The van der Waals surface area contributed by atoms with Gasteiger partial charge in [-0.2, -0.15) is 0 Å². The predicted octanol–water partition coefficient (Wildman–Crippen LogP) is 1.57. The quantitative estimate of drug-likeness (QED) is 0.815. The molecule has 3 heteroatoms. The summed E-state index contributed by atoms with van der Waals surface area (Å²) >= 11 is 0. The number of hydrogen-bond acceptors (Lipinski definition) is 3. The lowest BCUT2D eigenvalue weighted by Gasteiger charge is -2.38. The number of hydrogen-bond donors (Lipinski definition) is 1. The van der Waals surface area contributed by atoms with E-state index in [1.54, 1.807) is 0 Å². The first-order valence-electron chi connectivity index (χ1n) is 6.15. The lowest BCUT2D eigenvalue weighted by atomic mass is 10.1. The van der Waals surface area contributed by atoms with Gasteiger partial charge in [-0.05, 0) is 31.0 Å². The Kier molecular flexibility index (Phi) is 3.91. The fraction of sp³-hybridized carbons (Fsp3) is 0.615. The lowest BCUT2D eigenvalue weighted by Crippen LogP contribution is -2.56. The Morgan fingerprint density at radius 2 is 2.25 bits per heavy atom. The van der Waals surface area contributed by atoms with Gasteiger partial charge in [0.1, 0.15) is 0 Å². The van der Waals surface area contributed by atoms with Gasteiger partial charge in [-0.25, -0.2) is 0 Å². The van der Waals surface area contributed by atoms with Gasteiger partial charge >= 0.3 is 0 Å². The fourth-order valence-corrected chi connectivity index (χ4v) is 2.15. The number of aryl methyl sites for hydroxylation is 1. The van der Waals surface area contributed by atoms with Crippen LogP contribution in [0.3, 0.4) is 0 Å². The molecule has 1 N–H and O–H groups in total. The Morgan fingerprint density at radius 3 is 2.81 bits per heavy atom. The molecular weight excluding hydrogens is 198 g/mol. The van der Waals surface area contributed by atoms with E-state index in [1.165, 1.54) is 24.1 Å². The van der Waals surface area contributed by atoms with Crippen LogP contribution in [0.1, 0.15) is 24.5 Å². The van der Waals surface area contributed by atoms with Crippen LogP contribution < -0.4 is 5.32 Å². The molecule has 1 aromatic heterocycles. The Balaban J connectivity index is 1.98. The third-order valence-electron chi connectivity index (χ3n) is 3.10. The maximum absolute atomic E-state index is 4.26. The highest BCUT2D eigenvalue weighted by atomic mass is 15.2. The first-order chi connectivity index (χ1) is 7.79. The molecule has 2 rings (SSSR count). The van der Waals surface area contributed by atoms with Crippen LogP contribution >= 0.6 is 0 Å². The van der Waals surface area contributed by atoms with Crippen molar-refractivity contribution in [3.8, 4) is 0 Å². The second kappa shape index (κ2) is 5.41. The average Bonchev–Trinajstić information content (AvgIpc) is 2.15. The van der Waals surface area contributed by atoms with Crippen molar-refractivity contribution in [2.75, 3.05) is 19.6 Å². The number of nitrogens with one attached hydrogen (secondary N) is 1. The van der Waals surface area contributed by atoms with E-state index < -0.39 is 0 Å². The van der Waals surface area contributed by atoms with E-state index in [-0.39, 0.29) is 0 Å². The second-order valence-corrected chi connectivity index (χ2v) is 4.65. The van der Waals surface area contributed by atoms with Crippen LogP contribution in [0.2, 0.25) is 0 Å². The van der Waals surface area contributed by atoms with Crippen LogP contribution in [0, 0.1) is 6.92 Å². The van der Waals surface area contributed by atoms with E-state index >= 15 is 0 Å². The molecule has 2 heterocycles. The molecule has 0 saturated carbocycles. The zero-order valence-corrected chi connectivity index (χ0v) is 10.2. The summed E-state index contributed by atoms with van der Waals surface area (Å²) in [4.78, 5) is 6.82. The van der Waals surface area contributed by atoms with Crippen LogP contribution in [-0.4, -0.2) is 35.6 Å². The maximum Gasteiger partial charge on any atom is 0.0348 e. The van der Waals surface area contributed by atoms with Gasteiger partial charge in [-0.1, -0.05) is 13.0 Å². The van der Waals surface area contributed by atoms with Crippen molar-refractivity contribution >= 4 is 0 Å². The molecule has 1 aromatic rings. The highest BCUT2D eigenvalue weighted by Crippen LogP contribution is 2.12. The minimum atomic E-state index is 0.723. The van der Waals surface area contributed by atoms with Crippen molar-refractivity contribution in [1.82, 2.24) is 15.2 Å². The molecule has 1 aliphatic rings. The number of nitrogens with zero attached hydrogens (tertiary/aromatic N) is 2. The van der Waals surface area contributed by atoms with Gasteiger partial charge in [0, 0.05) is 38.1 Å². The minimum Gasteiger partial charge on any atom is -0.314 e. The van der Waals surface area contributed by atoms with Crippen molar-refractivity contribution in [2.45, 2.75) is 32.9 Å². The van der Waals surface area contributed by atoms with Crippen LogP contribution in [0.15, 0.2) is 18.5 Å². The molecule has 0 bridgehead atoms. The summed E-state index contributed by atoms with van der Waals surface area (Å²) < 4.78 is 0. The molecule has 1 aliphatic heterocycles. The Labute approximate surface area is 97.9 Å². The maximum atomic E-state index is 4.26. The molecule has 0 amide bonds. The average molecular weight is 219 g/mol. The van der Waals surface area contributed by atoms with Gasteiger partial charge in [0.2, 0.25) is 0 Å². The van der Waals surface area contributed by atoms with E-state index in [2.05, 4.69) is 35.1 Å². The van der Waals surface area contributed by atoms with E-state index in [4.69, 9.17) is 0 Å². The van der Waals surface area contributed by atoms with Gasteiger partial charge in [-0.3, -0.25) is 9.88 Å². The highest BCUT2D eigenvalue weighted by Gasteiger charge is 2.23. The van der Waals surface area contributed by atoms with Crippen LogP contribution in [0.5, 0.6) is 0 Å². The molecule has 3 nitrogen and oxygen atoms in total. The molecular formula is C13H21N3. The Bertz CT molecular complexity index is 334. The summed E-state index contributed by atoms with van der Waals surface area (Å²) in [5, 5.41) is 3.34. The van der Waals surface area contributed by atoms with Crippen molar-refractivity contribution < 1.29 is 0 Å². The monoisotopic (exact) mass is 219 g/mol.